The van der Waals surface area contributed by atoms with Gasteiger partial charge in [-0.3, -0.25) is 9.36 Å². The smallest absolute Gasteiger partial charge is 0.330 e. The van der Waals surface area contributed by atoms with Gasteiger partial charge in [0.2, 0.25) is 0 Å². The van der Waals surface area contributed by atoms with E-state index in [-0.39, 0.29) is 11.7 Å². The number of ether oxygens (including phenoxy) is 1. The zero-order valence-electron chi connectivity index (χ0n) is 11.9. The normalized spacial score (nSPS) is 10.6. The highest BCUT2D eigenvalue weighted by atomic mass is 16.5. The van der Waals surface area contributed by atoms with E-state index in [1.165, 1.54) is 7.11 Å². The van der Waals surface area contributed by atoms with E-state index in [1.807, 2.05) is 38.1 Å². The first-order valence-electron chi connectivity index (χ1n) is 6.47. The van der Waals surface area contributed by atoms with Gasteiger partial charge in [-0.05, 0) is 38.0 Å². The number of carbonyl (C=O) groups is 1. The molecule has 5 nitrogen and oxygen atoms in total. The van der Waals surface area contributed by atoms with Crippen molar-refractivity contribution < 1.29 is 9.53 Å². The Balaban J connectivity index is 2.20. The largest absolute Gasteiger partial charge is 0.469 e. The minimum atomic E-state index is -0.220. The number of H-pyrrole nitrogens is 1. The van der Waals surface area contributed by atoms with Gasteiger partial charge in [-0.2, -0.15) is 0 Å². The van der Waals surface area contributed by atoms with E-state index in [4.69, 9.17) is 0 Å². The van der Waals surface area contributed by atoms with Crippen molar-refractivity contribution in [3.63, 3.8) is 0 Å². The fourth-order valence-corrected chi connectivity index (χ4v) is 2.10. The topological polar surface area (TPSA) is 64.1 Å². The van der Waals surface area contributed by atoms with Crippen molar-refractivity contribution in [1.29, 1.82) is 0 Å². The van der Waals surface area contributed by atoms with Crippen LogP contribution < -0.4 is 5.69 Å². The number of esters is 1. The van der Waals surface area contributed by atoms with Crippen molar-refractivity contribution in [2.24, 2.45) is 0 Å². The third-order valence-corrected chi connectivity index (χ3v) is 3.42. The summed E-state index contributed by atoms with van der Waals surface area (Å²) in [4.78, 5) is 25.7. The van der Waals surface area contributed by atoms with Crippen LogP contribution in [0.3, 0.4) is 0 Å². The Morgan fingerprint density at radius 3 is 2.40 bits per heavy atom. The third kappa shape index (κ3) is 2.82. The molecule has 0 saturated heterocycles. The van der Waals surface area contributed by atoms with Gasteiger partial charge in [-0.25, -0.2) is 4.79 Å². The first kappa shape index (κ1) is 14.1. The van der Waals surface area contributed by atoms with Crippen molar-refractivity contribution in [3.05, 3.63) is 51.7 Å². The zero-order valence-corrected chi connectivity index (χ0v) is 11.9. The zero-order chi connectivity index (χ0) is 14.7. The molecule has 0 aliphatic heterocycles. The highest BCUT2D eigenvalue weighted by Crippen LogP contribution is 2.13. The Morgan fingerprint density at radius 2 is 1.90 bits per heavy atom. The standard InChI is InChI=1S/C15H18N2O3/c1-10-11(2)17(15(19)16-10)13-7-4-12(5-8-13)6-9-14(18)20-3/h4-5,7-8H,6,9H2,1-3H3,(H,16,19). The number of hydrogen-bond acceptors (Lipinski definition) is 3. The molecule has 2 rings (SSSR count). The third-order valence-electron chi connectivity index (χ3n) is 3.42. The molecular weight excluding hydrogens is 256 g/mol. The van der Waals surface area contributed by atoms with Crippen molar-refractivity contribution in [3.8, 4) is 5.69 Å². The monoisotopic (exact) mass is 274 g/mol. The summed E-state index contributed by atoms with van der Waals surface area (Å²) < 4.78 is 6.25. The summed E-state index contributed by atoms with van der Waals surface area (Å²) in [6, 6.07) is 7.61. The molecule has 0 fully saturated rings. The molecule has 0 aliphatic carbocycles. The van der Waals surface area contributed by atoms with E-state index in [9.17, 15) is 9.59 Å². The van der Waals surface area contributed by atoms with Gasteiger partial charge in [-0.15, -0.1) is 0 Å². The number of imidazole rings is 1. The van der Waals surface area contributed by atoms with Crippen LogP contribution in [0.1, 0.15) is 23.4 Å². The molecule has 0 amide bonds. The minimum absolute atomic E-state index is 0.137. The molecule has 0 aliphatic rings. The van der Waals surface area contributed by atoms with E-state index in [0.717, 1.165) is 22.6 Å². The average molecular weight is 274 g/mol. The minimum Gasteiger partial charge on any atom is -0.469 e. The number of nitrogens with one attached hydrogen (secondary N) is 1. The van der Waals surface area contributed by atoms with Crippen molar-refractivity contribution in [1.82, 2.24) is 9.55 Å². The molecule has 2 aromatic rings. The van der Waals surface area contributed by atoms with Crippen LogP contribution in [0.25, 0.3) is 5.69 Å². The number of aromatic amines is 1. The Morgan fingerprint density at radius 1 is 1.25 bits per heavy atom. The van der Waals surface area contributed by atoms with Crippen LogP contribution in [-0.4, -0.2) is 22.6 Å². The first-order valence-corrected chi connectivity index (χ1v) is 6.47. The summed E-state index contributed by atoms with van der Waals surface area (Å²) >= 11 is 0. The molecule has 1 N–H and O–H groups in total. The van der Waals surface area contributed by atoms with Gasteiger partial charge in [0.1, 0.15) is 0 Å². The van der Waals surface area contributed by atoms with E-state index in [1.54, 1.807) is 4.57 Å². The van der Waals surface area contributed by atoms with Crippen molar-refractivity contribution in [2.45, 2.75) is 26.7 Å². The number of methoxy groups -OCH3 is 1. The number of rotatable bonds is 4. The molecule has 1 aromatic heterocycles. The summed E-state index contributed by atoms with van der Waals surface area (Å²) in [6.45, 7) is 3.77. The summed E-state index contributed by atoms with van der Waals surface area (Å²) in [5.41, 5.74) is 3.49. The molecule has 0 spiro atoms. The number of nitrogens with zero attached hydrogens (tertiary/aromatic N) is 1. The Labute approximate surface area is 117 Å². The number of aryl methyl sites for hydroxylation is 2. The van der Waals surface area contributed by atoms with Crippen molar-refractivity contribution >= 4 is 5.97 Å². The molecule has 1 heterocycles. The van der Waals surface area contributed by atoms with Crippen LogP contribution in [0.5, 0.6) is 0 Å². The van der Waals surface area contributed by atoms with Gasteiger partial charge in [0.25, 0.3) is 0 Å². The van der Waals surface area contributed by atoms with E-state index >= 15 is 0 Å². The summed E-state index contributed by atoms with van der Waals surface area (Å²) in [6.07, 6.45) is 0.991. The number of aromatic nitrogens is 2. The maximum atomic E-state index is 11.8. The maximum Gasteiger partial charge on any atom is 0.330 e. The van der Waals surface area contributed by atoms with Crippen LogP contribution in [0.4, 0.5) is 0 Å². The van der Waals surface area contributed by atoms with Crippen LogP contribution in [0.15, 0.2) is 29.1 Å². The molecule has 5 heteroatoms. The highest BCUT2D eigenvalue weighted by molar-refractivity contribution is 5.69. The second-order valence-corrected chi connectivity index (χ2v) is 4.72. The number of benzene rings is 1. The molecule has 0 atom stereocenters. The second-order valence-electron chi connectivity index (χ2n) is 4.72. The Hall–Kier alpha value is -2.30. The molecule has 20 heavy (non-hydrogen) atoms. The number of carbonyl (C=O) groups excluding carboxylic acids is 1. The molecule has 106 valence electrons. The molecule has 1 aromatic carbocycles. The lowest BCUT2D eigenvalue weighted by atomic mass is 10.1. The lowest BCUT2D eigenvalue weighted by molar-refractivity contribution is -0.140. The first-order chi connectivity index (χ1) is 9.52. The van der Waals surface area contributed by atoms with Gasteiger partial charge in [0.05, 0.1) is 12.8 Å². The van der Waals surface area contributed by atoms with Crippen LogP contribution in [-0.2, 0) is 16.0 Å². The molecule has 0 radical (unpaired) electrons. The molecule has 0 unspecified atom stereocenters. The predicted molar refractivity (Wildman–Crippen MR) is 76.2 cm³/mol. The van der Waals surface area contributed by atoms with Crippen LogP contribution in [0, 0.1) is 13.8 Å². The van der Waals surface area contributed by atoms with Crippen LogP contribution >= 0.6 is 0 Å². The SMILES string of the molecule is COC(=O)CCc1ccc(-n2c(C)c(C)[nH]c2=O)cc1. The number of hydrogen-bond donors (Lipinski definition) is 1. The van der Waals surface area contributed by atoms with Gasteiger partial charge in [0, 0.05) is 17.8 Å². The fraction of sp³-hybridized carbons (Fsp3) is 0.333. The molecule has 0 saturated carbocycles. The van der Waals surface area contributed by atoms with E-state index in [0.29, 0.717) is 12.8 Å². The lowest BCUT2D eigenvalue weighted by Crippen LogP contribution is -2.15. The highest BCUT2D eigenvalue weighted by Gasteiger charge is 2.08. The van der Waals surface area contributed by atoms with Crippen molar-refractivity contribution in [2.75, 3.05) is 7.11 Å². The summed E-state index contributed by atoms with van der Waals surface area (Å²) in [5.74, 6) is -0.220. The fourth-order valence-electron chi connectivity index (χ4n) is 2.10. The molecule has 0 bridgehead atoms. The summed E-state index contributed by atoms with van der Waals surface area (Å²) in [7, 11) is 1.38. The Kier molecular flexibility index (Phi) is 4.08. The molecular formula is C15H18N2O3. The van der Waals surface area contributed by atoms with Gasteiger partial charge in [-0.1, -0.05) is 12.1 Å². The van der Waals surface area contributed by atoms with Crippen LogP contribution in [0.2, 0.25) is 0 Å². The predicted octanol–water partition coefficient (Wildman–Crippen LogP) is 1.89. The van der Waals surface area contributed by atoms with Gasteiger partial charge in [0.15, 0.2) is 0 Å². The van der Waals surface area contributed by atoms with E-state index < -0.39 is 0 Å². The Bertz CT molecular complexity index is 665. The second kappa shape index (κ2) is 5.77. The quantitative estimate of drug-likeness (QED) is 0.866. The average Bonchev–Trinajstić information content (AvgIpc) is 2.70. The van der Waals surface area contributed by atoms with Gasteiger partial charge < -0.3 is 9.72 Å². The van der Waals surface area contributed by atoms with Gasteiger partial charge >= 0.3 is 11.7 Å². The summed E-state index contributed by atoms with van der Waals surface area (Å²) in [5, 5.41) is 0. The lowest BCUT2D eigenvalue weighted by Gasteiger charge is -2.06. The van der Waals surface area contributed by atoms with E-state index in [2.05, 4.69) is 9.72 Å². The maximum absolute atomic E-state index is 11.8.